The van der Waals surface area contributed by atoms with Crippen LogP contribution in [0, 0.1) is 0 Å². The van der Waals surface area contributed by atoms with Crippen molar-refractivity contribution >= 4 is 17.6 Å². The standard InChI is InChI=1S/C13H18N2O4/c1-14-7-6-12(16)15-11-5-4-9(18-2)8-10(11)13(17)19-3/h4-5,8,14H,6-7H2,1-3H3,(H,15,16). The molecule has 19 heavy (non-hydrogen) atoms. The van der Waals surface area contributed by atoms with Crippen LogP contribution in [-0.4, -0.2) is 39.7 Å². The Morgan fingerprint density at radius 2 is 2.00 bits per heavy atom. The van der Waals surface area contributed by atoms with Gasteiger partial charge in [0.1, 0.15) is 5.75 Å². The fourth-order valence-corrected chi connectivity index (χ4v) is 1.49. The number of carbonyl (C=O) groups is 2. The summed E-state index contributed by atoms with van der Waals surface area (Å²) in [4.78, 5) is 23.3. The molecule has 0 fully saturated rings. The number of rotatable bonds is 6. The SMILES string of the molecule is CNCCC(=O)Nc1ccc(OC)cc1C(=O)OC. The van der Waals surface area contributed by atoms with E-state index in [-0.39, 0.29) is 11.5 Å². The Morgan fingerprint density at radius 1 is 1.26 bits per heavy atom. The van der Waals surface area contributed by atoms with Crippen molar-refractivity contribution in [3.05, 3.63) is 23.8 Å². The lowest BCUT2D eigenvalue weighted by Crippen LogP contribution is -2.20. The normalized spacial score (nSPS) is 9.84. The van der Waals surface area contributed by atoms with Gasteiger partial charge in [-0.1, -0.05) is 0 Å². The number of esters is 1. The first kappa shape index (κ1) is 15.0. The van der Waals surface area contributed by atoms with Gasteiger partial charge in [-0.05, 0) is 25.2 Å². The number of benzene rings is 1. The van der Waals surface area contributed by atoms with E-state index in [1.54, 1.807) is 19.2 Å². The second-order valence-electron chi connectivity index (χ2n) is 3.80. The Balaban J connectivity index is 2.92. The molecule has 1 rings (SSSR count). The van der Waals surface area contributed by atoms with Crippen LogP contribution in [0.4, 0.5) is 5.69 Å². The highest BCUT2D eigenvalue weighted by atomic mass is 16.5. The highest BCUT2D eigenvalue weighted by molar-refractivity contribution is 6.01. The number of nitrogens with one attached hydrogen (secondary N) is 2. The van der Waals surface area contributed by atoms with Gasteiger partial charge in [-0.2, -0.15) is 0 Å². The molecule has 0 saturated carbocycles. The van der Waals surface area contributed by atoms with Crippen molar-refractivity contribution in [1.29, 1.82) is 0 Å². The fourth-order valence-electron chi connectivity index (χ4n) is 1.49. The average Bonchev–Trinajstić information content (AvgIpc) is 2.44. The van der Waals surface area contributed by atoms with Gasteiger partial charge in [0.25, 0.3) is 0 Å². The van der Waals surface area contributed by atoms with Gasteiger partial charge in [-0.25, -0.2) is 4.79 Å². The van der Waals surface area contributed by atoms with E-state index in [2.05, 4.69) is 15.4 Å². The molecule has 1 aromatic rings. The van der Waals surface area contributed by atoms with Crippen molar-refractivity contribution in [3.63, 3.8) is 0 Å². The van der Waals surface area contributed by atoms with E-state index in [0.29, 0.717) is 24.4 Å². The Labute approximate surface area is 112 Å². The Kier molecular flexibility index (Phi) is 5.81. The molecule has 0 aliphatic carbocycles. The molecule has 0 atom stereocenters. The number of amides is 1. The third-order valence-electron chi connectivity index (χ3n) is 2.51. The van der Waals surface area contributed by atoms with Gasteiger partial charge in [0.15, 0.2) is 0 Å². The summed E-state index contributed by atoms with van der Waals surface area (Å²) < 4.78 is 9.72. The molecular weight excluding hydrogens is 248 g/mol. The summed E-state index contributed by atoms with van der Waals surface area (Å²) in [5, 5.41) is 5.56. The molecule has 6 nitrogen and oxygen atoms in total. The first-order valence-corrected chi connectivity index (χ1v) is 5.83. The third kappa shape index (κ3) is 4.26. The highest BCUT2D eigenvalue weighted by Crippen LogP contribution is 2.23. The van der Waals surface area contributed by atoms with Crippen LogP contribution in [0.3, 0.4) is 0 Å². The third-order valence-corrected chi connectivity index (χ3v) is 2.51. The van der Waals surface area contributed by atoms with Gasteiger partial charge >= 0.3 is 5.97 Å². The Morgan fingerprint density at radius 3 is 2.58 bits per heavy atom. The second kappa shape index (κ2) is 7.38. The fraction of sp³-hybridized carbons (Fsp3) is 0.385. The minimum atomic E-state index is -0.525. The van der Waals surface area contributed by atoms with Gasteiger partial charge in [-0.3, -0.25) is 4.79 Å². The number of hydrogen-bond donors (Lipinski definition) is 2. The number of hydrogen-bond acceptors (Lipinski definition) is 5. The number of ether oxygens (including phenoxy) is 2. The smallest absolute Gasteiger partial charge is 0.340 e. The van der Waals surface area contributed by atoms with E-state index in [0.717, 1.165) is 0 Å². The number of anilines is 1. The molecule has 0 spiro atoms. The maximum Gasteiger partial charge on any atom is 0.340 e. The van der Waals surface area contributed by atoms with Gasteiger partial charge < -0.3 is 20.1 Å². The van der Waals surface area contributed by atoms with E-state index in [9.17, 15) is 9.59 Å². The first-order valence-electron chi connectivity index (χ1n) is 5.83. The van der Waals surface area contributed by atoms with E-state index in [1.165, 1.54) is 20.3 Å². The second-order valence-corrected chi connectivity index (χ2v) is 3.80. The first-order chi connectivity index (χ1) is 9.12. The zero-order valence-corrected chi connectivity index (χ0v) is 11.3. The van der Waals surface area contributed by atoms with Gasteiger partial charge in [0.05, 0.1) is 25.5 Å². The van der Waals surface area contributed by atoms with Crippen molar-refractivity contribution < 1.29 is 19.1 Å². The van der Waals surface area contributed by atoms with E-state index in [1.807, 2.05) is 0 Å². The molecule has 1 aromatic carbocycles. The van der Waals surface area contributed by atoms with Crippen LogP contribution < -0.4 is 15.4 Å². The molecule has 0 aliphatic rings. The molecule has 104 valence electrons. The van der Waals surface area contributed by atoms with Crippen LogP contribution in [0.15, 0.2) is 18.2 Å². The molecule has 2 N–H and O–H groups in total. The van der Waals surface area contributed by atoms with Crippen molar-refractivity contribution in [1.82, 2.24) is 5.32 Å². The van der Waals surface area contributed by atoms with Crippen LogP contribution in [0.1, 0.15) is 16.8 Å². The summed E-state index contributed by atoms with van der Waals surface area (Å²) >= 11 is 0. The summed E-state index contributed by atoms with van der Waals surface area (Å²) in [6.07, 6.45) is 0.323. The predicted molar refractivity (Wildman–Crippen MR) is 71.5 cm³/mol. The van der Waals surface area contributed by atoms with E-state index in [4.69, 9.17) is 4.74 Å². The quantitative estimate of drug-likeness (QED) is 0.752. The molecule has 0 unspecified atom stereocenters. The van der Waals surface area contributed by atoms with E-state index < -0.39 is 5.97 Å². The molecule has 0 heterocycles. The minimum absolute atomic E-state index is 0.176. The molecule has 1 amide bonds. The minimum Gasteiger partial charge on any atom is -0.497 e. The zero-order chi connectivity index (χ0) is 14.3. The summed E-state index contributed by atoms with van der Waals surface area (Å²) in [7, 11) is 4.55. The molecule has 0 saturated heterocycles. The van der Waals surface area contributed by atoms with Crippen molar-refractivity contribution in [3.8, 4) is 5.75 Å². The van der Waals surface area contributed by atoms with Gasteiger partial charge in [0.2, 0.25) is 5.91 Å². The van der Waals surface area contributed by atoms with Gasteiger partial charge in [0, 0.05) is 13.0 Å². The molecule has 0 aromatic heterocycles. The maximum atomic E-state index is 11.7. The van der Waals surface area contributed by atoms with Crippen molar-refractivity contribution in [2.75, 3.05) is 33.1 Å². The zero-order valence-electron chi connectivity index (χ0n) is 11.3. The van der Waals surface area contributed by atoms with Crippen LogP contribution in [0.5, 0.6) is 5.75 Å². The Bertz CT molecular complexity index is 460. The molecule has 0 aliphatic heterocycles. The van der Waals surface area contributed by atoms with Gasteiger partial charge in [-0.15, -0.1) is 0 Å². The average molecular weight is 266 g/mol. The predicted octanol–water partition coefficient (Wildman–Crippen LogP) is 1.03. The Hall–Kier alpha value is -2.08. The number of methoxy groups -OCH3 is 2. The van der Waals surface area contributed by atoms with Crippen molar-refractivity contribution in [2.45, 2.75) is 6.42 Å². The van der Waals surface area contributed by atoms with Crippen LogP contribution in [0.2, 0.25) is 0 Å². The molecule has 6 heteroatoms. The summed E-state index contributed by atoms with van der Waals surface area (Å²) in [5.74, 6) is -0.180. The topological polar surface area (TPSA) is 76.7 Å². The summed E-state index contributed by atoms with van der Waals surface area (Å²) in [6.45, 7) is 0.565. The van der Waals surface area contributed by atoms with E-state index >= 15 is 0 Å². The number of carbonyl (C=O) groups excluding carboxylic acids is 2. The lowest BCUT2D eigenvalue weighted by molar-refractivity contribution is -0.116. The summed E-state index contributed by atoms with van der Waals surface area (Å²) in [6, 6.07) is 4.81. The maximum absolute atomic E-state index is 11.7. The highest BCUT2D eigenvalue weighted by Gasteiger charge is 2.15. The molecule has 0 bridgehead atoms. The van der Waals surface area contributed by atoms with Crippen LogP contribution >= 0.6 is 0 Å². The van der Waals surface area contributed by atoms with Crippen LogP contribution in [-0.2, 0) is 9.53 Å². The largest absolute Gasteiger partial charge is 0.497 e. The molecular formula is C13H18N2O4. The molecule has 0 radical (unpaired) electrons. The lowest BCUT2D eigenvalue weighted by atomic mass is 10.1. The van der Waals surface area contributed by atoms with Crippen molar-refractivity contribution in [2.24, 2.45) is 0 Å². The lowest BCUT2D eigenvalue weighted by Gasteiger charge is -2.11. The summed E-state index contributed by atoms with van der Waals surface area (Å²) in [5.41, 5.74) is 0.674. The van der Waals surface area contributed by atoms with Crippen LogP contribution in [0.25, 0.3) is 0 Å². The monoisotopic (exact) mass is 266 g/mol.